The van der Waals surface area contributed by atoms with Gasteiger partial charge in [0.25, 0.3) is 0 Å². The van der Waals surface area contributed by atoms with E-state index in [-0.39, 0.29) is 0 Å². The smallest absolute Gasteiger partial charge is 0.155 e. The van der Waals surface area contributed by atoms with Crippen molar-refractivity contribution in [1.29, 1.82) is 0 Å². The molecule has 3 aromatic rings. The van der Waals surface area contributed by atoms with E-state index in [0.29, 0.717) is 6.54 Å². The van der Waals surface area contributed by atoms with Crippen LogP contribution in [0.1, 0.15) is 48.9 Å². The highest BCUT2D eigenvalue weighted by Gasteiger charge is 2.23. The third-order valence-electron chi connectivity index (χ3n) is 6.51. The minimum Gasteiger partial charge on any atom is -0.298 e. The number of aryl methyl sites for hydroxylation is 1. The number of unbranched alkanes of at least 4 members (excludes halogenated alkanes) is 1. The molecular formula is C28H31N3. The van der Waals surface area contributed by atoms with E-state index in [9.17, 15) is 0 Å². The zero-order chi connectivity index (χ0) is 21.2. The molecule has 0 spiro atoms. The largest absolute Gasteiger partial charge is 0.298 e. The van der Waals surface area contributed by atoms with Crippen molar-refractivity contribution in [3.05, 3.63) is 82.9 Å². The molecule has 1 fully saturated rings. The van der Waals surface area contributed by atoms with Gasteiger partial charge in [-0.2, -0.15) is 0 Å². The maximum atomic E-state index is 4.95. The molecule has 3 heteroatoms. The summed E-state index contributed by atoms with van der Waals surface area (Å²) >= 11 is 0. The first-order valence-electron chi connectivity index (χ1n) is 11.7. The summed E-state index contributed by atoms with van der Waals surface area (Å²) < 4.78 is 0. The Balaban J connectivity index is 1.40. The van der Waals surface area contributed by atoms with Crippen molar-refractivity contribution in [2.45, 2.75) is 39.7 Å². The number of benzene rings is 3. The molecule has 2 heterocycles. The van der Waals surface area contributed by atoms with Crippen LogP contribution < -0.4 is 0 Å². The van der Waals surface area contributed by atoms with E-state index >= 15 is 0 Å². The van der Waals surface area contributed by atoms with Crippen LogP contribution in [0, 0.1) is 5.92 Å². The molecule has 2 aliphatic rings. The Hall–Kier alpha value is -2.78. The highest BCUT2D eigenvalue weighted by molar-refractivity contribution is 6.20. The quantitative estimate of drug-likeness (QED) is 0.479. The van der Waals surface area contributed by atoms with Crippen molar-refractivity contribution in [1.82, 2.24) is 4.90 Å². The number of likely N-dealkylation sites (tertiary alicyclic amines) is 1. The Morgan fingerprint density at radius 3 is 2.45 bits per heavy atom. The van der Waals surface area contributed by atoms with Crippen LogP contribution >= 0.6 is 0 Å². The van der Waals surface area contributed by atoms with Crippen molar-refractivity contribution in [2.75, 3.05) is 19.6 Å². The Labute approximate surface area is 185 Å². The molecule has 0 amide bonds. The molecule has 1 saturated heterocycles. The van der Waals surface area contributed by atoms with Crippen LogP contribution in [0.5, 0.6) is 0 Å². The molecule has 0 aliphatic carbocycles. The fourth-order valence-electron chi connectivity index (χ4n) is 4.79. The van der Waals surface area contributed by atoms with E-state index in [2.05, 4.69) is 79.4 Å². The Morgan fingerprint density at radius 1 is 0.935 bits per heavy atom. The molecule has 5 rings (SSSR count). The first-order valence-corrected chi connectivity index (χ1v) is 11.7. The van der Waals surface area contributed by atoms with Crippen LogP contribution in [0.15, 0.2) is 70.6 Å². The maximum Gasteiger partial charge on any atom is 0.155 e. The molecule has 0 N–H and O–H groups in total. The fraction of sp³-hybridized carbons (Fsp3) is 0.357. The second kappa shape index (κ2) is 8.76. The van der Waals surface area contributed by atoms with Gasteiger partial charge in [-0.15, -0.1) is 0 Å². The molecule has 3 aromatic carbocycles. The Kier molecular flexibility index (Phi) is 5.69. The number of hydrogen-bond donors (Lipinski definition) is 0. The topological polar surface area (TPSA) is 28.0 Å². The predicted molar refractivity (Wildman–Crippen MR) is 131 cm³/mol. The monoisotopic (exact) mass is 409 g/mol. The summed E-state index contributed by atoms with van der Waals surface area (Å²) in [5.41, 5.74) is 6.21. The predicted octanol–water partition coefficient (Wildman–Crippen LogP) is 5.88. The number of fused-ring (bicyclic) bond motifs is 1. The highest BCUT2D eigenvalue weighted by atomic mass is 15.2. The molecule has 158 valence electrons. The summed E-state index contributed by atoms with van der Waals surface area (Å²) in [4.78, 5) is 12.3. The molecule has 0 atom stereocenters. The molecule has 31 heavy (non-hydrogen) atoms. The summed E-state index contributed by atoms with van der Waals surface area (Å²) in [5, 5.41) is 2.58. The standard InChI is InChI=1S/C28H31N3/c1-3-4-7-21-10-12-22(13-11-21)27-16-29-28(30-27)26-15-14-23(19-31-17-20(2)18-31)24-8-5-6-9-25(24)26/h5-6,8-15,20H,3-4,7,16-19H2,1-2H3. The summed E-state index contributed by atoms with van der Waals surface area (Å²) in [7, 11) is 0. The van der Waals surface area contributed by atoms with Crippen LogP contribution in [0.2, 0.25) is 0 Å². The first kappa shape index (κ1) is 20.1. The van der Waals surface area contributed by atoms with Crippen molar-refractivity contribution < 1.29 is 0 Å². The van der Waals surface area contributed by atoms with Gasteiger partial charge in [0.2, 0.25) is 0 Å². The van der Waals surface area contributed by atoms with E-state index in [1.165, 1.54) is 53.4 Å². The SMILES string of the molecule is CCCCc1ccc(C2=NC(c3ccc(CN4CC(C)C4)c4ccccc34)=NC2)cc1. The van der Waals surface area contributed by atoms with Crippen LogP contribution in [-0.2, 0) is 13.0 Å². The second-order valence-corrected chi connectivity index (χ2v) is 9.12. The van der Waals surface area contributed by atoms with Gasteiger partial charge in [-0.25, -0.2) is 4.99 Å². The number of hydrogen-bond acceptors (Lipinski definition) is 3. The van der Waals surface area contributed by atoms with Gasteiger partial charge in [0.15, 0.2) is 5.84 Å². The zero-order valence-corrected chi connectivity index (χ0v) is 18.6. The lowest BCUT2D eigenvalue weighted by Gasteiger charge is -2.37. The van der Waals surface area contributed by atoms with Crippen LogP contribution in [0.4, 0.5) is 0 Å². The lowest BCUT2D eigenvalue weighted by molar-refractivity contribution is 0.105. The average Bonchev–Trinajstić information content (AvgIpc) is 3.27. The normalized spacial score (nSPS) is 17.0. The zero-order valence-electron chi connectivity index (χ0n) is 18.6. The summed E-state index contributed by atoms with van der Waals surface area (Å²) in [6.07, 6.45) is 3.63. The van der Waals surface area contributed by atoms with Crippen LogP contribution in [0.25, 0.3) is 10.8 Å². The number of rotatable bonds is 7. The van der Waals surface area contributed by atoms with Gasteiger partial charge >= 0.3 is 0 Å². The van der Waals surface area contributed by atoms with Crippen LogP contribution in [-0.4, -0.2) is 36.1 Å². The van der Waals surface area contributed by atoms with Gasteiger partial charge in [-0.3, -0.25) is 9.89 Å². The summed E-state index contributed by atoms with van der Waals surface area (Å²) in [5.74, 6) is 1.69. The molecule has 0 saturated carbocycles. The average molecular weight is 410 g/mol. The molecule has 0 bridgehead atoms. The third kappa shape index (κ3) is 4.20. The van der Waals surface area contributed by atoms with Gasteiger partial charge in [0, 0.05) is 25.2 Å². The minimum absolute atomic E-state index is 0.658. The summed E-state index contributed by atoms with van der Waals surface area (Å²) in [6.45, 7) is 8.65. The van der Waals surface area contributed by atoms with Crippen molar-refractivity contribution in [2.24, 2.45) is 15.9 Å². The van der Waals surface area contributed by atoms with Gasteiger partial charge in [-0.1, -0.05) is 80.9 Å². The van der Waals surface area contributed by atoms with Gasteiger partial charge in [0.05, 0.1) is 12.3 Å². The van der Waals surface area contributed by atoms with Gasteiger partial charge < -0.3 is 0 Å². The summed E-state index contributed by atoms with van der Waals surface area (Å²) in [6, 6.07) is 22.1. The van der Waals surface area contributed by atoms with Gasteiger partial charge in [0.1, 0.15) is 0 Å². The number of aliphatic imine (C=N–C) groups is 2. The van der Waals surface area contributed by atoms with E-state index in [1.54, 1.807) is 0 Å². The molecule has 2 aliphatic heterocycles. The van der Waals surface area contributed by atoms with E-state index in [0.717, 1.165) is 36.0 Å². The van der Waals surface area contributed by atoms with E-state index in [4.69, 9.17) is 9.98 Å². The molecule has 0 aromatic heterocycles. The van der Waals surface area contributed by atoms with Crippen molar-refractivity contribution >= 4 is 22.3 Å². The van der Waals surface area contributed by atoms with Crippen LogP contribution in [0.3, 0.4) is 0 Å². The van der Waals surface area contributed by atoms with Crippen molar-refractivity contribution in [3.8, 4) is 0 Å². The maximum absolute atomic E-state index is 4.95. The highest BCUT2D eigenvalue weighted by Crippen LogP contribution is 2.28. The minimum atomic E-state index is 0.658. The van der Waals surface area contributed by atoms with E-state index < -0.39 is 0 Å². The Bertz CT molecular complexity index is 1130. The van der Waals surface area contributed by atoms with Gasteiger partial charge in [-0.05, 0) is 46.2 Å². The molecular weight excluding hydrogens is 378 g/mol. The Morgan fingerprint density at radius 2 is 1.71 bits per heavy atom. The molecule has 0 unspecified atom stereocenters. The molecule has 3 nitrogen and oxygen atoms in total. The van der Waals surface area contributed by atoms with Crippen molar-refractivity contribution in [3.63, 3.8) is 0 Å². The third-order valence-corrected chi connectivity index (χ3v) is 6.51. The molecule has 0 radical (unpaired) electrons. The fourth-order valence-corrected chi connectivity index (χ4v) is 4.79. The number of amidine groups is 1. The lowest BCUT2D eigenvalue weighted by Crippen LogP contribution is -2.44. The second-order valence-electron chi connectivity index (χ2n) is 9.12. The lowest BCUT2D eigenvalue weighted by atomic mass is 9.96. The number of nitrogens with zero attached hydrogens (tertiary/aromatic N) is 3. The first-order chi connectivity index (χ1) is 15.2. The van der Waals surface area contributed by atoms with E-state index in [1.807, 2.05) is 0 Å².